The lowest BCUT2D eigenvalue weighted by molar-refractivity contribution is -0.125. The molecule has 0 radical (unpaired) electrons. The van der Waals surface area contributed by atoms with Crippen molar-refractivity contribution in [2.24, 2.45) is 0 Å². The Morgan fingerprint density at radius 3 is 2.67 bits per heavy atom. The number of carbonyl (C=O) groups excluding carboxylic acids is 3. The van der Waals surface area contributed by atoms with Gasteiger partial charge < -0.3 is 20.5 Å². The van der Waals surface area contributed by atoms with Crippen LogP contribution in [-0.2, 0) is 9.59 Å². The van der Waals surface area contributed by atoms with Crippen molar-refractivity contribution in [1.29, 1.82) is 0 Å². The largest absolute Gasteiger partial charge is 0.352 e. The number of hydrogen-bond donors (Lipinski definition) is 3. The summed E-state index contributed by atoms with van der Waals surface area (Å²) in [6, 6.07) is 9.75. The van der Waals surface area contributed by atoms with Crippen LogP contribution in [0.1, 0.15) is 58.1 Å². The molecular formula is C25H25FN6O3S. The number of imidazole rings is 1. The fourth-order valence-corrected chi connectivity index (χ4v) is 5.81. The van der Waals surface area contributed by atoms with E-state index in [0.717, 1.165) is 16.0 Å². The monoisotopic (exact) mass is 508 g/mol. The van der Waals surface area contributed by atoms with E-state index in [1.54, 1.807) is 19.9 Å². The minimum absolute atomic E-state index is 0.0150. The van der Waals surface area contributed by atoms with Crippen molar-refractivity contribution in [3.63, 3.8) is 0 Å². The molecule has 0 bridgehead atoms. The second-order valence-corrected chi connectivity index (χ2v) is 10.0. The number of anilines is 1. The second-order valence-electron chi connectivity index (χ2n) is 8.80. The van der Waals surface area contributed by atoms with E-state index in [0.29, 0.717) is 11.3 Å². The summed E-state index contributed by atoms with van der Waals surface area (Å²) in [5, 5.41) is 8.37. The fourth-order valence-electron chi connectivity index (χ4n) is 4.76. The van der Waals surface area contributed by atoms with Crippen molar-refractivity contribution in [1.82, 2.24) is 24.5 Å². The Morgan fingerprint density at radius 2 is 1.92 bits per heavy atom. The van der Waals surface area contributed by atoms with Crippen LogP contribution < -0.4 is 16.0 Å². The number of amides is 3. The molecule has 9 nitrogen and oxygen atoms in total. The molecule has 11 heteroatoms. The Hall–Kier alpha value is -3.70. The van der Waals surface area contributed by atoms with Crippen LogP contribution in [0, 0.1) is 12.7 Å². The Bertz CT molecular complexity index is 1410. The fraction of sp³-hybridized carbons (Fsp3) is 0.280. The number of aromatic nitrogens is 2. The first-order chi connectivity index (χ1) is 17.2. The number of benzene rings is 2. The Balaban J connectivity index is 1.64. The molecule has 3 aromatic rings. The molecule has 3 N–H and O–H groups in total. The normalized spacial score (nSPS) is 20.9. The first-order valence-corrected chi connectivity index (χ1v) is 12.2. The second kappa shape index (κ2) is 9.07. The van der Waals surface area contributed by atoms with E-state index >= 15 is 0 Å². The van der Waals surface area contributed by atoms with Gasteiger partial charge in [0.15, 0.2) is 5.82 Å². The molecule has 1 aromatic heterocycles. The molecule has 0 aliphatic carbocycles. The number of aryl methyl sites for hydroxylation is 1. The Morgan fingerprint density at radius 1 is 1.17 bits per heavy atom. The van der Waals surface area contributed by atoms with Crippen LogP contribution >= 0.6 is 11.9 Å². The zero-order valence-corrected chi connectivity index (χ0v) is 20.9. The topological polar surface area (TPSA) is 108 Å². The third kappa shape index (κ3) is 3.84. The van der Waals surface area contributed by atoms with Crippen LogP contribution in [0.15, 0.2) is 47.4 Å². The van der Waals surface area contributed by atoms with Crippen molar-refractivity contribution >= 4 is 35.5 Å². The number of fused-ring (bicyclic) bond motifs is 2. The van der Waals surface area contributed by atoms with E-state index in [-0.39, 0.29) is 23.5 Å². The summed E-state index contributed by atoms with van der Waals surface area (Å²) in [5.74, 6) is -1.53. The van der Waals surface area contributed by atoms with Crippen LogP contribution in [0.3, 0.4) is 0 Å². The molecular weight excluding hydrogens is 483 g/mol. The van der Waals surface area contributed by atoms with Crippen LogP contribution in [0.5, 0.6) is 0 Å². The lowest BCUT2D eigenvalue weighted by Crippen LogP contribution is -2.43. The van der Waals surface area contributed by atoms with Gasteiger partial charge in [-0.2, -0.15) is 0 Å². The maximum atomic E-state index is 14.3. The van der Waals surface area contributed by atoms with E-state index in [4.69, 9.17) is 0 Å². The highest BCUT2D eigenvalue weighted by Gasteiger charge is 2.41. The summed E-state index contributed by atoms with van der Waals surface area (Å²) in [6.45, 7) is 3.45. The van der Waals surface area contributed by atoms with Gasteiger partial charge in [0.1, 0.15) is 17.9 Å². The SMILES string of the molecule is CNC(=O)c1nc(NC(=O)C2c3ccccc3SN2C)c2n1[C@H](C)C(=O)N[C@@H]2c1cc(F)ccc1C. The highest BCUT2D eigenvalue weighted by atomic mass is 32.2. The minimum Gasteiger partial charge on any atom is -0.352 e. The third-order valence-electron chi connectivity index (χ3n) is 6.57. The number of likely N-dealkylation sites (N-methyl/N-ethyl adjacent to an activating group) is 1. The number of halogens is 1. The highest BCUT2D eigenvalue weighted by Crippen LogP contribution is 2.44. The van der Waals surface area contributed by atoms with Crippen LogP contribution in [-0.4, -0.2) is 45.7 Å². The number of hydrogen-bond acceptors (Lipinski definition) is 6. The summed E-state index contributed by atoms with van der Waals surface area (Å²) in [4.78, 5) is 44.7. The molecule has 3 heterocycles. The number of nitrogens with zero attached hydrogens (tertiary/aromatic N) is 3. The van der Waals surface area contributed by atoms with Crippen LogP contribution in [0.2, 0.25) is 0 Å². The lowest BCUT2D eigenvalue weighted by atomic mass is 9.95. The molecule has 36 heavy (non-hydrogen) atoms. The molecule has 0 saturated heterocycles. The summed E-state index contributed by atoms with van der Waals surface area (Å²) < 4.78 is 17.6. The standard InChI is InChI=1S/C25H25FN6O3S/c1-12-9-10-14(26)11-16(12)18-20-21(29-22(25(35)27-3)32(20)13(2)23(33)28-18)30-24(34)19-15-7-5-6-8-17(15)36-31(19)4/h5-11,13,18-19H,1-4H3,(H,27,35)(H,28,33)(H,30,34)/t13-,18-,19?/m1/s1. The van der Waals surface area contributed by atoms with Gasteiger partial charge >= 0.3 is 0 Å². The van der Waals surface area contributed by atoms with Crippen LogP contribution in [0.4, 0.5) is 10.2 Å². The maximum Gasteiger partial charge on any atom is 0.287 e. The van der Waals surface area contributed by atoms with Crippen LogP contribution in [0.25, 0.3) is 0 Å². The first kappa shape index (κ1) is 24.0. The Labute approximate surface area is 211 Å². The van der Waals surface area contributed by atoms with Gasteiger partial charge in [0.25, 0.3) is 5.91 Å². The number of carbonyl (C=O) groups is 3. The summed E-state index contributed by atoms with van der Waals surface area (Å²) in [5.41, 5.74) is 2.52. The molecule has 5 rings (SSSR count). The van der Waals surface area contributed by atoms with Crippen molar-refractivity contribution in [2.75, 3.05) is 19.4 Å². The Kier molecular flexibility index (Phi) is 6.05. The van der Waals surface area contributed by atoms with Gasteiger partial charge in [-0.3, -0.25) is 14.4 Å². The van der Waals surface area contributed by atoms with Gasteiger partial charge in [-0.15, -0.1) is 0 Å². The molecule has 186 valence electrons. The molecule has 3 atom stereocenters. The number of nitrogens with one attached hydrogen (secondary N) is 3. The van der Waals surface area contributed by atoms with Crippen molar-refractivity contribution < 1.29 is 18.8 Å². The lowest BCUT2D eigenvalue weighted by Gasteiger charge is -2.32. The smallest absolute Gasteiger partial charge is 0.287 e. The van der Waals surface area contributed by atoms with Gasteiger partial charge in [0, 0.05) is 11.9 Å². The van der Waals surface area contributed by atoms with Crippen molar-refractivity contribution in [3.05, 3.63) is 76.5 Å². The molecule has 0 spiro atoms. The van der Waals surface area contributed by atoms with E-state index in [9.17, 15) is 18.8 Å². The van der Waals surface area contributed by atoms with E-state index in [1.807, 2.05) is 35.6 Å². The molecule has 1 unspecified atom stereocenters. The minimum atomic E-state index is -0.825. The molecule has 0 saturated carbocycles. The van der Waals surface area contributed by atoms with E-state index in [1.165, 1.54) is 35.7 Å². The average Bonchev–Trinajstić information content (AvgIpc) is 3.39. The van der Waals surface area contributed by atoms with Gasteiger partial charge in [-0.05, 0) is 67.7 Å². The number of rotatable bonds is 4. The molecule has 0 fully saturated rings. The molecule has 3 amide bonds. The van der Waals surface area contributed by atoms with Crippen molar-refractivity contribution in [2.45, 2.75) is 36.9 Å². The van der Waals surface area contributed by atoms with Crippen molar-refractivity contribution in [3.8, 4) is 0 Å². The zero-order chi connectivity index (χ0) is 25.7. The van der Waals surface area contributed by atoms with Gasteiger partial charge in [-0.25, -0.2) is 13.7 Å². The van der Waals surface area contributed by atoms with Gasteiger partial charge in [0.05, 0.1) is 11.7 Å². The van der Waals surface area contributed by atoms with E-state index < -0.39 is 29.8 Å². The van der Waals surface area contributed by atoms with E-state index in [2.05, 4.69) is 20.9 Å². The quantitative estimate of drug-likeness (QED) is 0.468. The van der Waals surface area contributed by atoms with Gasteiger partial charge in [-0.1, -0.05) is 24.3 Å². The molecule has 2 aromatic carbocycles. The summed E-state index contributed by atoms with van der Waals surface area (Å²) in [6.07, 6.45) is 0. The average molecular weight is 509 g/mol. The zero-order valence-electron chi connectivity index (χ0n) is 20.1. The maximum absolute atomic E-state index is 14.3. The van der Waals surface area contributed by atoms with Gasteiger partial charge in [0.2, 0.25) is 17.6 Å². The first-order valence-electron chi connectivity index (χ1n) is 11.4. The predicted molar refractivity (Wildman–Crippen MR) is 133 cm³/mol. The summed E-state index contributed by atoms with van der Waals surface area (Å²) in [7, 11) is 3.29. The third-order valence-corrected chi connectivity index (χ3v) is 7.63. The summed E-state index contributed by atoms with van der Waals surface area (Å²) >= 11 is 1.47. The molecule has 2 aliphatic rings. The highest BCUT2D eigenvalue weighted by molar-refractivity contribution is 7.97. The predicted octanol–water partition coefficient (Wildman–Crippen LogP) is 3.10. The molecule has 2 aliphatic heterocycles.